The number of halogens is 3. The average molecular weight is 443 g/mol. The molecule has 0 bridgehead atoms. The lowest BCUT2D eigenvalue weighted by atomic mass is 10.1. The highest BCUT2D eigenvalue weighted by Crippen LogP contribution is 2.30. The molecule has 0 saturated carbocycles. The molecule has 0 spiro atoms. The van der Waals surface area contributed by atoms with Crippen molar-refractivity contribution >= 4 is 10.9 Å². The molecule has 7 nitrogen and oxygen atoms in total. The quantitative estimate of drug-likeness (QED) is 0.464. The van der Waals surface area contributed by atoms with E-state index in [1.54, 1.807) is 29.0 Å². The largest absolute Gasteiger partial charge is 0.489 e. The number of H-pyrrole nitrogens is 1. The number of hydrogen-bond acceptors (Lipinski definition) is 4. The zero-order valence-corrected chi connectivity index (χ0v) is 16.5. The first-order chi connectivity index (χ1) is 15.2. The molecule has 2 heterocycles. The van der Waals surface area contributed by atoms with E-state index < -0.39 is 23.2 Å². The van der Waals surface area contributed by atoms with E-state index in [-0.39, 0.29) is 19.7 Å². The fraction of sp³-hybridized carbons (Fsp3) is 0.182. The summed E-state index contributed by atoms with van der Waals surface area (Å²) >= 11 is 0. The molecule has 0 atom stereocenters. The highest BCUT2D eigenvalue weighted by atomic mass is 19.4. The van der Waals surface area contributed by atoms with Gasteiger partial charge in [-0.15, -0.1) is 11.2 Å². The van der Waals surface area contributed by atoms with Gasteiger partial charge in [-0.3, -0.25) is 0 Å². The van der Waals surface area contributed by atoms with E-state index in [1.807, 2.05) is 4.98 Å². The number of benzene rings is 2. The van der Waals surface area contributed by atoms with Crippen LogP contribution in [-0.4, -0.2) is 14.3 Å². The number of aromatic nitrogens is 3. The van der Waals surface area contributed by atoms with Gasteiger partial charge in [0.2, 0.25) is 0 Å². The van der Waals surface area contributed by atoms with Crippen molar-refractivity contribution < 1.29 is 22.4 Å². The summed E-state index contributed by atoms with van der Waals surface area (Å²) in [6, 6.07) is 9.95. The maximum absolute atomic E-state index is 12.7. The fourth-order valence-electron chi connectivity index (χ4n) is 3.32. The van der Waals surface area contributed by atoms with Gasteiger partial charge in [-0.25, -0.2) is 14.6 Å². The minimum atomic E-state index is -4.40. The summed E-state index contributed by atoms with van der Waals surface area (Å²) in [6.07, 6.45) is 2.79. The van der Waals surface area contributed by atoms with Crippen LogP contribution < -0.4 is 16.2 Å². The zero-order valence-electron chi connectivity index (χ0n) is 16.5. The molecule has 0 unspecified atom stereocenters. The smallest absolute Gasteiger partial charge is 0.440 e. The second-order valence-corrected chi connectivity index (χ2v) is 6.99. The molecule has 0 aliphatic heterocycles. The van der Waals surface area contributed by atoms with Crippen molar-refractivity contribution in [1.29, 1.82) is 0 Å². The topological polar surface area (TPSA) is 82.2 Å². The van der Waals surface area contributed by atoms with Gasteiger partial charge in [0.25, 0.3) is 0 Å². The lowest BCUT2D eigenvalue weighted by molar-refractivity contribution is -0.137. The van der Waals surface area contributed by atoms with E-state index >= 15 is 0 Å². The summed E-state index contributed by atoms with van der Waals surface area (Å²) in [7, 11) is 0. The Balaban J connectivity index is 1.60. The summed E-state index contributed by atoms with van der Waals surface area (Å²) in [5.41, 5.74) is 0.617. The minimum Gasteiger partial charge on any atom is -0.489 e. The van der Waals surface area contributed by atoms with E-state index in [4.69, 9.17) is 15.7 Å². The number of nitrogens with one attached hydrogen (secondary N) is 1. The SMILES string of the molecule is C#CCn1cc(Cn2oc(=O)[nH]c2=O)c2cc(OCc3ccc(C(F)(F)F)cc3)ccc21. The van der Waals surface area contributed by atoms with E-state index in [0.29, 0.717) is 16.9 Å². The monoisotopic (exact) mass is 443 g/mol. The van der Waals surface area contributed by atoms with Crippen LogP contribution in [-0.2, 0) is 25.9 Å². The summed E-state index contributed by atoms with van der Waals surface area (Å²) in [6.45, 7) is 0.346. The van der Waals surface area contributed by atoms with Crippen LogP contribution in [0.3, 0.4) is 0 Å². The van der Waals surface area contributed by atoms with Crippen LogP contribution in [0.2, 0.25) is 0 Å². The third-order valence-electron chi connectivity index (χ3n) is 4.83. The Morgan fingerprint density at radius 2 is 1.88 bits per heavy atom. The van der Waals surface area contributed by atoms with E-state index in [1.165, 1.54) is 12.1 Å². The van der Waals surface area contributed by atoms with Crippen molar-refractivity contribution in [3.8, 4) is 18.1 Å². The van der Waals surface area contributed by atoms with Gasteiger partial charge in [0.1, 0.15) is 12.4 Å². The van der Waals surface area contributed by atoms with Gasteiger partial charge in [-0.05, 0) is 35.9 Å². The molecule has 0 saturated heterocycles. The van der Waals surface area contributed by atoms with Crippen LogP contribution in [0, 0.1) is 12.3 Å². The maximum atomic E-state index is 12.7. The molecule has 32 heavy (non-hydrogen) atoms. The van der Waals surface area contributed by atoms with Crippen molar-refractivity contribution in [2.75, 3.05) is 0 Å². The van der Waals surface area contributed by atoms with Crippen LogP contribution in [0.5, 0.6) is 5.75 Å². The molecule has 0 amide bonds. The number of fused-ring (bicyclic) bond motifs is 1. The van der Waals surface area contributed by atoms with Crippen molar-refractivity contribution in [1.82, 2.24) is 14.3 Å². The highest BCUT2D eigenvalue weighted by Gasteiger charge is 2.29. The number of hydrogen-bond donors (Lipinski definition) is 1. The van der Waals surface area contributed by atoms with Gasteiger partial charge in [0.05, 0.1) is 18.7 Å². The van der Waals surface area contributed by atoms with Crippen LogP contribution >= 0.6 is 0 Å². The average Bonchev–Trinajstić information content (AvgIpc) is 3.25. The van der Waals surface area contributed by atoms with Gasteiger partial charge in [0.15, 0.2) is 0 Å². The van der Waals surface area contributed by atoms with Crippen molar-refractivity contribution in [3.63, 3.8) is 0 Å². The Kier molecular flexibility index (Phi) is 5.40. The summed E-state index contributed by atoms with van der Waals surface area (Å²) in [5.74, 6) is 2.16. The van der Waals surface area contributed by atoms with E-state index in [0.717, 1.165) is 27.8 Å². The van der Waals surface area contributed by atoms with Crippen LogP contribution in [0.1, 0.15) is 16.7 Å². The molecule has 164 valence electrons. The van der Waals surface area contributed by atoms with Gasteiger partial charge in [0, 0.05) is 22.7 Å². The molecule has 4 rings (SSSR count). The highest BCUT2D eigenvalue weighted by molar-refractivity contribution is 5.85. The molecule has 2 aromatic carbocycles. The predicted molar refractivity (Wildman–Crippen MR) is 109 cm³/mol. The normalized spacial score (nSPS) is 11.6. The molecular formula is C22H16F3N3O4. The van der Waals surface area contributed by atoms with Gasteiger partial charge in [-0.1, -0.05) is 18.1 Å². The predicted octanol–water partition coefficient (Wildman–Crippen LogP) is 3.36. The second kappa shape index (κ2) is 8.19. The van der Waals surface area contributed by atoms with Gasteiger partial charge in [-0.2, -0.15) is 13.2 Å². The molecule has 0 aliphatic rings. The van der Waals surface area contributed by atoms with Crippen molar-refractivity contribution in [2.24, 2.45) is 0 Å². The molecule has 1 N–H and O–H groups in total. The Bertz CT molecular complexity index is 1420. The Morgan fingerprint density at radius 1 is 1.12 bits per heavy atom. The molecule has 0 fully saturated rings. The number of alkyl halides is 3. The van der Waals surface area contributed by atoms with Crippen LogP contribution in [0.15, 0.2) is 62.8 Å². The fourth-order valence-corrected chi connectivity index (χ4v) is 3.32. The zero-order chi connectivity index (χ0) is 22.9. The number of aromatic amines is 1. The molecule has 2 aromatic heterocycles. The molecule has 10 heteroatoms. The molecular weight excluding hydrogens is 427 g/mol. The van der Waals surface area contributed by atoms with Crippen LogP contribution in [0.4, 0.5) is 13.2 Å². The third-order valence-corrected chi connectivity index (χ3v) is 4.83. The van der Waals surface area contributed by atoms with E-state index in [9.17, 15) is 22.8 Å². The lowest BCUT2D eigenvalue weighted by Crippen LogP contribution is -2.17. The first kappa shape index (κ1) is 21.1. The third kappa shape index (κ3) is 4.32. The Labute approximate surface area is 178 Å². The number of ether oxygens (including phenoxy) is 1. The first-order valence-corrected chi connectivity index (χ1v) is 9.39. The number of terminal acetylenes is 1. The molecule has 0 aliphatic carbocycles. The molecule has 0 radical (unpaired) electrons. The Hall–Kier alpha value is -4.13. The van der Waals surface area contributed by atoms with Crippen LogP contribution in [0.25, 0.3) is 10.9 Å². The van der Waals surface area contributed by atoms with Gasteiger partial charge >= 0.3 is 17.6 Å². The summed E-state index contributed by atoms with van der Waals surface area (Å²) < 4.78 is 51.4. The maximum Gasteiger partial charge on any atom is 0.440 e. The van der Waals surface area contributed by atoms with E-state index in [2.05, 4.69) is 5.92 Å². The number of nitrogens with zero attached hydrogens (tertiary/aromatic N) is 2. The summed E-state index contributed by atoms with van der Waals surface area (Å²) in [5, 5.41) is 0.723. The van der Waals surface area contributed by atoms with Crippen molar-refractivity contribution in [2.45, 2.75) is 25.9 Å². The van der Waals surface area contributed by atoms with Gasteiger partial charge < -0.3 is 13.8 Å². The number of rotatable bonds is 6. The lowest BCUT2D eigenvalue weighted by Gasteiger charge is -2.10. The molecule has 4 aromatic rings. The first-order valence-electron chi connectivity index (χ1n) is 9.39. The minimum absolute atomic E-state index is 0.00595. The summed E-state index contributed by atoms with van der Waals surface area (Å²) in [4.78, 5) is 25.1. The Morgan fingerprint density at radius 3 is 2.50 bits per heavy atom. The standard InChI is InChI=1S/C22H16F3N3O4/c1-2-9-27-11-15(12-28-20(29)26-21(30)32-28)18-10-17(7-8-19(18)27)31-13-14-3-5-16(6-4-14)22(23,24)25/h1,3-8,10-11H,9,12-13H2,(H,26,29,30). The van der Waals surface area contributed by atoms with Crippen molar-refractivity contribution in [3.05, 3.63) is 86.4 Å². The second-order valence-electron chi connectivity index (χ2n) is 6.99.